The molecule has 3 atom stereocenters. The highest BCUT2D eigenvalue weighted by molar-refractivity contribution is 6.37. The fourth-order valence-corrected chi connectivity index (χ4v) is 4.91. The quantitative estimate of drug-likeness (QED) is 0.227. The molecule has 0 aliphatic carbocycles. The zero-order valence-corrected chi connectivity index (χ0v) is 25.8. The molecule has 1 aliphatic rings. The van der Waals surface area contributed by atoms with E-state index in [1.54, 1.807) is 38.1 Å². The lowest BCUT2D eigenvalue weighted by Crippen LogP contribution is -2.56. The van der Waals surface area contributed by atoms with Crippen LogP contribution in [-0.4, -0.2) is 76.3 Å². The molecule has 0 saturated carbocycles. The highest BCUT2D eigenvalue weighted by Crippen LogP contribution is 2.25. The Labute approximate surface area is 248 Å². The molecule has 0 bridgehead atoms. The summed E-state index contributed by atoms with van der Waals surface area (Å²) >= 11 is 0. The van der Waals surface area contributed by atoms with Crippen LogP contribution >= 0.6 is 0 Å². The molecule has 11 nitrogen and oxygen atoms in total. The van der Waals surface area contributed by atoms with E-state index in [9.17, 15) is 29.1 Å². The Morgan fingerprint density at radius 3 is 2.38 bits per heavy atom. The van der Waals surface area contributed by atoms with Crippen molar-refractivity contribution >= 4 is 29.4 Å². The number of hydrogen-bond acceptors (Lipinski definition) is 7. The van der Waals surface area contributed by atoms with Gasteiger partial charge in [0, 0.05) is 13.0 Å². The number of benzene rings is 1. The van der Waals surface area contributed by atoms with Crippen LogP contribution in [-0.2, 0) is 30.4 Å². The van der Waals surface area contributed by atoms with Gasteiger partial charge in [0.2, 0.25) is 23.5 Å². The van der Waals surface area contributed by atoms with Gasteiger partial charge in [-0.15, -0.1) is 0 Å². The summed E-state index contributed by atoms with van der Waals surface area (Å²) < 4.78 is 5.72. The van der Waals surface area contributed by atoms with E-state index < -0.39 is 41.3 Å². The van der Waals surface area contributed by atoms with Crippen molar-refractivity contribution in [3.8, 4) is 5.75 Å². The molecule has 1 aromatic rings. The molecular weight excluding hydrogens is 540 g/mol. The molecule has 1 heterocycles. The van der Waals surface area contributed by atoms with Gasteiger partial charge in [0.1, 0.15) is 17.8 Å². The SMILES string of the molecule is CCCC(NC(=O)[C@@H]1CCCN1C(=O)C(CC(C)(C)C)NC(=O)Cc1cccc(OCCC(C)(C)O)c1)C(=O)C(N)=O. The molecule has 42 heavy (non-hydrogen) atoms. The number of nitrogens with one attached hydrogen (secondary N) is 2. The van der Waals surface area contributed by atoms with Crippen LogP contribution in [0.5, 0.6) is 5.75 Å². The first-order valence-electron chi connectivity index (χ1n) is 14.7. The third kappa shape index (κ3) is 11.4. The topological polar surface area (TPSA) is 168 Å². The summed E-state index contributed by atoms with van der Waals surface area (Å²) in [6.07, 6.45) is 2.61. The van der Waals surface area contributed by atoms with Gasteiger partial charge in [-0.1, -0.05) is 46.2 Å². The smallest absolute Gasteiger partial charge is 0.287 e. The van der Waals surface area contributed by atoms with Crippen molar-refractivity contribution in [2.45, 2.75) is 110 Å². The van der Waals surface area contributed by atoms with Gasteiger partial charge in [0.15, 0.2) is 0 Å². The third-order valence-electron chi connectivity index (χ3n) is 6.99. The van der Waals surface area contributed by atoms with Crippen molar-refractivity contribution in [2.24, 2.45) is 11.1 Å². The van der Waals surface area contributed by atoms with Crippen molar-refractivity contribution in [1.82, 2.24) is 15.5 Å². The highest BCUT2D eigenvalue weighted by atomic mass is 16.5. The average molecular weight is 589 g/mol. The fraction of sp³-hybridized carbons (Fsp3) is 0.645. The van der Waals surface area contributed by atoms with E-state index in [1.165, 1.54) is 4.90 Å². The van der Waals surface area contributed by atoms with Crippen LogP contribution in [0, 0.1) is 5.41 Å². The molecule has 1 fully saturated rings. The first-order chi connectivity index (χ1) is 19.5. The van der Waals surface area contributed by atoms with Crippen LogP contribution in [0.4, 0.5) is 0 Å². The Bertz CT molecular complexity index is 1120. The second-order valence-electron chi connectivity index (χ2n) is 12.9. The number of nitrogens with zero attached hydrogens (tertiary/aromatic N) is 1. The van der Waals surface area contributed by atoms with Crippen molar-refractivity contribution in [2.75, 3.05) is 13.2 Å². The summed E-state index contributed by atoms with van der Waals surface area (Å²) in [5, 5.41) is 15.4. The van der Waals surface area contributed by atoms with E-state index in [4.69, 9.17) is 10.5 Å². The lowest BCUT2D eigenvalue weighted by molar-refractivity contribution is -0.143. The molecule has 0 spiro atoms. The van der Waals surface area contributed by atoms with Crippen molar-refractivity contribution < 1.29 is 33.8 Å². The summed E-state index contributed by atoms with van der Waals surface area (Å²) in [5.74, 6) is -2.64. The zero-order valence-electron chi connectivity index (χ0n) is 25.8. The van der Waals surface area contributed by atoms with E-state index in [-0.39, 0.29) is 30.1 Å². The number of carbonyl (C=O) groups excluding carboxylic acids is 5. The van der Waals surface area contributed by atoms with Crippen molar-refractivity contribution in [3.63, 3.8) is 0 Å². The second-order valence-corrected chi connectivity index (χ2v) is 12.9. The fourth-order valence-electron chi connectivity index (χ4n) is 4.91. The second kappa shape index (κ2) is 15.1. The molecule has 0 radical (unpaired) electrons. The van der Waals surface area contributed by atoms with Crippen LogP contribution in [0.2, 0.25) is 0 Å². The van der Waals surface area contributed by atoms with E-state index in [0.29, 0.717) is 56.6 Å². The lowest BCUT2D eigenvalue weighted by Gasteiger charge is -2.32. The molecule has 234 valence electrons. The maximum absolute atomic E-state index is 13.8. The molecule has 5 N–H and O–H groups in total. The Kier molecular flexibility index (Phi) is 12.5. The van der Waals surface area contributed by atoms with Crippen LogP contribution in [0.3, 0.4) is 0 Å². The van der Waals surface area contributed by atoms with Gasteiger partial charge in [-0.3, -0.25) is 24.0 Å². The minimum Gasteiger partial charge on any atom is -0.493 e. The third-order valence-corrected chi connectivity index (χ3v) is 6.99. The molecule has 1 saturated heterocycles. The van der Waals surface area contributed by atoms with Crippen LogP contribution in [0.1, 0.15) is 85.6 Å². The van der Waals surface area contributed by atoms with Gasteiger partial charge in [-0.25, -0.2) is 0 Å². The Morgan fingerprint density at radius 1 is 1.10 bits per heavy atom. The first kappa shape index (κ1) is 34.7. The summed E-state index contributed by atoms with van der Waals surface area (Å²) in [4.78, 5) is 65.2. The van der Waals surface area contributed by atoms with E-state index in [2.05, 4.69) is 10.6 Å². The number of Topliss-reactive ketones (excluding diaryl/α,β-unsaturated/α-hetero) is 1. The van der Waals surface area contributed by atoms with Gasteiger partial charge < -0.3 is 31.1 Å². The predicted molar refractivity (Wildman–Crippen MR) is 158 cm³/mol. The molecule has 1 aliphatic heterocycles. The van der Waals surface area contributed by atoms with E-state index >= 15 is 0 Å². The van der Waals surface area contributed by atoms with Crippen LogP contribution in [0.15, 0.2) is 24.3 Å². The summed E-state index contributed by atoms with van der Waals surface area (Å²) in [6, 6.07) is 4.37. The highest BCUT2D eigenvalue weighted by Gasteiger charge is 2.40. The summed E-state index contributed by atoms with van der Waals surface area (Å²) in [7, 11) is 0. The standard InChI is InChI=1S/C31H48N4O7/c1-7-10-22(26(37)27(32)38)34-28(39)24-13-9-15-35(24)29(40)23(19-30(2,3)4)33-25(36)18-20-11-8-12-21(17-20)42-16-14-31(5,6)41/h8,11-12,17,22-24,41H,7,9-10,13-16,18-19H2,1-6H3,(H2,32,38)(H,33,36)(H,34,39)/t22?,23?,24-/m0/s1. The van der Waals surface area contributed by atoms with E-state index in [0.717, 1.165) is 0 Å². The number of aliphatic hydroxyl groups is 1. The van der Waals surface area contributed by atoms with Crippen molar-refractivity contribution in [1.29, 1.82) is 0 Å². The van der Waals surface area contributed by atoms with Crippen LogP contribution < -0.4 is 21.1 Å². The Hall–Kier alpha value is -3.47. The largest absolute Gasteiger partial charge is 0.493 e. The van der Waals surface area contributed by atoms with Gasteiger partial charge in [-0.05, 0) is 62.6 Å². The Balaban J connectivity index is 2.13. The average Bonchev–Trinajstić information content (AvgIpc) is 3.36. The number of hydrogen-bond donors (Lipinski definition) is 4. The number of primary amides is 1. The van der Waals surface area contributed by atoms with Gasteiger partial charge in [0.05, 0.1) is 24.7 Å². The van der Waals surface area contributed by atoms with Gasteiger partial charge in [0.25, 0.3) is 5.91 Å². The Morgan fingerprint density at radius 2 is 1.79 bits per heavy atom. The van der Waals surface area contributed by atoms with Crippen LogP contribution in [0.25, 0.3) is 0 Å². The molecule has 2 rings (SSSR count). The number of rotatable bonds is 15. The predicted octanol–water partition coefficient (Wildman–Crippen LogP) is 2.02. The molecule has 11 heteroatoms. The number of likely N-dealkylation sites (tertiary alicyclic amines) is 1. The minimum atomic E-state index is -1.12. The normalized spacial score (nSPS) is 16.8. The molecule has 0 aromatic heterocycles. The molecule has 1 aromatic carbocycles. The number of ether oxygens (including phenoxy) is 1. The maximum atomic E-state index is 13.8. The zero-order chi connectivity index (χ0) is 31.7. The minimum absolute atomic E-state index is 0.0223. The number of ketones is 1. The molecule has 2 unspecified atom stereocenters. The number of amides is 4. The first-order valence-corrected chi connectivity index (χ1v) is 14.7. The molecular formula is C31H48N4O7. The van der Waals surface area contributed by atoms with Gasteiger partial charge in [-0.2, -0.15) is 0 Å². The molecule has 4 amide bonds. The number of carbonyl (C=O) groups is 5. The van der Waals surface area contributed by atoms with Gasteiger partial charge >= 0.3 is 0 Å². The van der Waals surface area contributed by atoms with E-state index in [1.807, 2.05) is 27.7 Å². The number of nitrogens with two attached hydrogens (primary N) is 1. The monoisotopic (exact) mass is 588 g/mol. The summed E-state index contributed by atoms with van der Waals surface area (Å²) in [5.41, 5.74) is 4.71. The maximum Gasteiger partial charge on any atom is 0.287 e. The summed E-state index contributed by atoms with van der Waals surface area (Å²) in [6.45, 7) is 11.8. The lowest BCUT2D eigenvalue weighted by atomic mass is 9.87. The van der Waals surface area contributed by atoms with Crippen molar-refractivity contribution in [3.05, 3.63) is 29.8 Å².